The summed E-state index contributed by atoms with van der Waals surface area (Å²) >= 11 is 0. The second-order valence-electron chi connectivity index (χ2n) is 5.68. The maximum absolute atomic E-state index is 13.5. The SMILES string of the molecule is NC(=O)c1ccc(Nc2ncnc3c2cnn3-c2ccc(F)c(F)c2)cc1. The Balaban J connectivity index is 1.72. The van der Waals surface area contributed by atoms with Crippen LogP contribution in [0.4, 0.5) is 20.3 Å². The van der Waals surface area contributed by atoms with Crippen molar-refractivity contribution < 1.29 is 13.6 Å². The molecule has 1 amide bonds. The fourth-order valence-corrected chi connectivity index (χ4v) is 2.60. The van der Waals surface area contributed by atoms with Crippen molar-refractivity contribution >= 4 is 28.4 Å². The van der Waals surface area contributed by atoms with Gasteiger partial charge in [-0.15, -0.1) is 0 Å². The summed E-state index contributed by atoms with van der Waals surface area (Å²) in [7, 11) is 0. The predicted octanol–water partition coefficient (Wildman–Crippen LogP) is 2.94. The summed E-state index contributed by atoms with van der Waals surface area (Å²) in [6, 6.07) is 10.0. The van der Waals surface area contributed by atoms with E-state index in [1.165, 1.54) is 23.3 Å². The lowest BCUT2D eigenvalue weighted by Crippen LogP contribution is -2.10. The molecule has 0 saturated heterocycles. The average molecular weight is 366 g/mol. The Labute approximate surface area is 151 Å². The molecule has 4 aromatic rings. The van der Waals surface area contributed by atoms with Gasteiger partial charge in [0.05, 0.1) is 17.3 Å². The van der Waals surface area contributed by atoms with Crippen LogP contribution in [0.5, 0.6) is 0 Å². The molecule has 0 unspecified atom stereocenters. The highest BCUT2D eigenvalue weighted by Gasteiger charge is 2.13. The van der Waals surface area contributed by atoms with Crippen molar-refractivity contribution in [3.8, 4) is 5.69 Å². The molecule has 134 valence electrons. The fourth-order valence-electron chi connectivity index (χ4n) is 2.60. The fraction of sp³-hybridized carbons (Fsp3) is 0. The zero-order chi connectivity index (χ0) is 19.0. The molecule has 7 nitrogen and oxygen atoms in total. The third-order valence-electron chi connectivity index (χ3n) is 3.95. The van der Waals surface area contributed by atoms with E-state index in [2.05, 4.69) is 20.4 Å². The average Bonchev–Trinajstić information content (AvgIpc) is 3.10. The summed E-state index contributed by atoms with van der Waals surface area (Å²) in [5.41, 5.74) is 7.05. The van der Waals surface area contributed by atoms with Gasteiger partial charge in [-0.05, 0) is 36.4 Å². The van der Waals surface area contributed by atoms with E-state index in [1.807, 2.05) is 0 Å². The summed E-state index contributed by atoms with van der Waals surface area (Å²) in [6.07, 6.45) is 2.86. The van der Waals surface area contributed by atoms with E-state index in [-0.39, 0.29) is 0 Å². The Kier molecular flexibility index (Phi) is 3.96. The van der Waals surface area contributed by atoms with Gasteiger partial charge in [0.2, 0.25) is 5.91 Å². The number of nitrogens with one attached hydrogen (secondary N) is 1. The number of carbonyl (C=O) groups is 1. The summed E-state index contributed by atoms with van der Waals surface area (Å²) in [5.74, 6) is -1.95. The number of nitrogens with two attached hydrogens (primary N) is 1. The molecule has 0 bridgehead atoms. The molecule has 0 fully saturated rings. The minimum absolute atomic E-state index is 0.333. The van der Waals surface area contributed by atoms with Gasteiger partial charge in [0.1, 0.15) is 12.1 Å². The quantitative estimate of drug-likeness (QED) is 0.579. The van der Waals surface area contributed by atoms with Gasteiger partial charge in [-0.2, -0.15) is 5.10 Å². The Morgan fingerprint density at radius 3 is 2.52 bits per heavy atom. The van der Waals surface area contributed by atoms with Crippen LogP contribution in [0.3, 0.4) is 0 Å². The van der Waals surface area contributed by atoms with Crippen LogP contribution in [-0.2, 0) is 0 Å². The predicted molar refractivity (Wildman–Crippen MR) is 94.8 cm³/mol. The number of carbonyl (C=O) groups excluding carboxylic acids is 1. The standard InChI is InChI=1S/C18H12F2N6O/c19-14-6-5-12(7-15(14)20)26-18-13(8-24-26)17(22-9-23-18)25-11-3-1-10(2-4-11)16(21)27/h1-9H,(H2,21,27)(H,22,23,25). The number of fused-ring (bicyclic) bond motifs is 1. The third-order valence-corrected chi connectivity index (χ3v) is 3.95. The first kappa shape index (κ1) is 16.6. The Morgan fingerprint density at radius 1 is 1.04 bits per heavy atom. The minimum atomic E-state index is -0.974. The summed E-state index contributed by atoms with van der Waals surface area (Å²) in [6.45, 7) is 0. The highest BCUT2D eigenvalue weighted by Crippen LogP contribution is 2.25. The molecule has 2 aromatic carbocycles. The van der Waals surface area contributed by atoms with E-state index in [1.54, 1.807) is 24.3 Å². The summed E-state index contributed by atoms with van der Waals surface area (Å²) in [5, 5.41) is 7.89. The van der Waals surface area contributed by atoms with Crippen LogP contribution in [0.2, 0.25) is 0 Å². The maximum Gasteiger partial charge on any atom is 0.248 e. The Morgan fingerprint density at radius 2 is 1.81 bits per heavy atom. The smallest absolute Gasteiger partial charge is 0.248 e. The molecule has 27 heavy (non-hydrogen) atoms. The van der Waals surface area contributed by atoms with Crippen LogP contribution in [0.1, 0.15) is 10.4 Å². The first-order valence-corrected chi connectivity index (χ1v) is 7.84. The van der Waals surface area contributed by atoms with Crippen molar-refractivity contribution in [2.75, 3.05) is 5.32 Å². The summed E-state index contributed by atoms with van der Waals surface area (Å²) in [4.78, 5) is 19.5. The first-order chi connectivity index (χ1) is 13.0. The molecule has 0 atom stereocenters. The van der Waals surface area contributed by atoms with E-state index < -0.39 is 17.5 Å². The number of nitrogens with zero attached hydrogens (tertiary/aromatic N) is 4. The van der Waals surface area contributed by atoms with Crippen LogP contribution in [0.25, 0.3) is 16.7 Å². The highest BCUT2D eigenvalue weighted by atomic mass is 19.2. The molecule has 0 aliphatic heterocycles. The lowest BCUT2D eigenvalue weighted by atomic mass is 10.2. The molecule has 0 saturated carbocycles. The molecule has 2 aromatic heterocycles. The van der Waals surface area contributed by atoms with E-state index >= 15 is 0 Å². The van der Waals surface area contributed by atoms with Gasteiger partial charge in [-0.25, -0.2) is 23.4 Å². The molecule has 0 spiro atoms. The molecule has 0 radical (unpaired) electrons. The number of amides is 1. The first-order valence-electron chi connectivity index (χ1n) is 7.84. The normalized spacial score (nSPS) is 10.9. The lowest BCUT2D eigenvalue weighted by molar-refractivity contribution is 0.100. The van der Waals surface area contributed by atoms with Crippen molar-refractivity contribution in [3.05, 3.63) is 72.2 Å². The van der Waals surface area contributed by atoms with E-state index in [9.17, 15) is 13.6 Å². The highest BCUT2D eigenvalue weighted by molar-refractivity contribution is 5.93. The van der Waals surface area contributed by atoms with Gasteiger partial charge < -0.3 is 11.1 Å². The number of aromatic nitrogens is 4. The van der Waals surface area contributed by atoms with Crippen LogP contribution in [0, 0.1) is 11.6 Å². The van der Waals surface area contributed by atoms with Gasteiger partial charge in [0.25, 0.3) is 0 Å². The van der Waals surface area contributed by atoms with E-state index in [4.69, 9.17) is 5.73 Å². The maximum atomic E-state index is 13.5. The molecule has 3 N–H and O–H groups in total. The van der Waals surface area contributed by atoms with Crippen molar-refractivity contribution in [3.63, 3.8) is 0 Å². The largest absolute Gasteiger partial charge is 0.366 e. The molecule has 2 heterocycles. The van der Waals surface area contributed by atoms with Crippen molar-refractivity contribution in [2.24, 2.45) is 5.73 Å². The monoisotopic (exact) mass is 366 g/mol. The molecular weight excluding hydrogens is 354 g/mol. The van der Waals surface area contributed by atoms with E-state index in [0.717, 1.165) is 12.1 Å². The number of anilines is 2. The molecule has 9 heteroatoms. The van der Waals surface area contributed by atoms with Crippen LogP contribution in [-0.4, -0.2) is 25.7 Å². The molecule has 0 aliphatic carbocycles. The third kappa shape index (κ3) is 3.06. The molecule has 0 aliphatic rings. The number of benzene rings is 2. The topological polar surface area (TPSA) is 98.7 Å². The van der Waals surface area contributed by atoms with Crippen LogP contribution in [0.15, 0.2) is 55.0 Å². The number of hydrogen-bond acceptors (Lipinski definition) is 5. The zero-order valence-corrected chi connectivity index (χ0v) is 13.7. The number of rotatable bonds is 4. The Hall–Kier alpha value is -3.88. The zero-order valence-electron chi connectivity index (χ0n) is 13.7. The van der Waals surface area contributed by atoms with Crippen molar-refractivity contribution in [1.29, 1.82) is 0 Å². The number of halogens is 2. The van der Waals surface area contributed by atoms with Crippen LogP contribution < -0.4 is 11.1 Å². The Bertz CT molecular complexity index is 1160. The van der Waals surface area contributed by atoms with Crippen molar-refractivity contribution in [1.82, 2.24) is 19.7 Å². The molecular formula is C18H12F2N6O. The molecule has 4 rings (SSSR count). The van der Waals surface area contributed by atoms with Gasteiger partial charge in [0, 0.05) is 17.3 Å². The van der Waals surface area contributed by atoms with Gasteiger partial charge in [-0.1, -0.05) is 0 Å². The van der Waals surface area contributed by atoms with Gasteiger partial charge in [-0.3, -0.25) is 4.79 Å². The number of primary amides is 1. The minimum Gasteiger partial charge on any atom is -0.366 e. The van der Waals surface area contributed by atoms with Crippen molar-refractivity contribution in [2.45, 2.75) is 0 Å². The second kappa shape index (κ2) is 6.45. The second-order valence-corrected chi connectivity index (χ2v) is 5.68. The van der Waals surface area contributed by atoms with Gasteiger partial charge in [0.15, 0.2) is 17.3 Å². The number of hydrogen-bond donors (Lipinski definition) is 2. The summed E-state index contributed by atoms with van der Waals surface area (Å²) < 4.78 is 28.1. The van der Waals surface area contributed by atoms with Crippen LogP contribution >= 0.6 is 0 Å². The van der Waals surface area contributed by atoms with E-state index in [0.29, 0.717) is 33.8 Å². The van der Waals surface area contributed by atoms with Gasteiger partial charge >= 0.3 is 0 Å². The lowest BCUT2D eigenvalue weighted by Gasteiger charge is -2.07.